The summed E-state index contributed by atoms with van der Waals surface area (Å²) in [4.78, 5) is 15.9. The number of rotatable bonds is 16. The van der Waals surface area contributed by atoms with Crippen LogP contribution in [0.1, 0.15) is 62.3 Å². The van der Waals surface area contributed by atoms with Crippen LogP contribution in [-0.4, -0.2) is 58.7 Å². The van der Waals surface area contributed by atoms with Crippen molar-refractivity contribution in [3.05, 3.63) is 52.6 Å². The molecule has 39 heavy (non-hydrogen) atoms. The third kappa shape index (κ3) is 8.88. The predicted molar refractivity (Wildman–Crippen MR) is 151 cm³/mol. The first-order valence-electron chi connectivity index (χ1n) is 13.9. The number of amides is 1. The Hall–Kier alpha value is -3.27. The third-order valence-electron chi connectivity index (χ3n) is 6.39. The van der Waals surface area contributed by atoms with E-state index in [0.717, 1.165) is 61.0 Å². The van der Waals surface area contributed by atoms with Gasteiger partial charge >= 0.3 is 0 Å². The molecule has 1 aromatic heterocycles. The standard InChI is InChI=1S/C30H42N4O5/c1-5-8-10-31-16-22-12-21(9-6-2)13-25(14-22)30-33-29(34-39-30)24-11-20(4)28(23(7-3)15-24)38-19-26(36)17-32-27(37)18-35/h11-15,26,31,35-36H,5-10,16-19H2,1-4H3,(H,32,37)/t26-/m0/s1. The highest BCUT2D eigenvalue weighted by atomic mass is 16.5. The molecule has 0 radical (unpaired) electrons. The van der Waals surface area contributed by atoms with Crippen LogP contribution in [0.15, 0.2) is 34.9 Å². The molecule has 1 amide bonds. The number of aryl methyl sites for hydroxylation is 3. The minimum Gasteiger partial charge on any atom is -0.490 e. The lowest BCUT2D eigenvalue weighted by molar-refractivity contribution is -0.124. The molecule has 0 aliphatic heterocycles. The van der Waals surface area contributed by atoms with E-state index in [0.29, 0.717) is 23.9 Å². The number of aliphatic hydroxyl groups excluding tert-OH is 2. The largest absolute Gasteiger partial charge is 0.490 e. The summed E-state index contributed by atoms with van der Waals surface area (Å²) in [7, 11) is 0. The Balaban J connectivity index is 1.78. The van der Waals surface area contributed by atoms with Crippen molar-refractivity contribution in [1.29, 1.82) is 0 Å². The summed E-state index contributed by atoms with van der Waals surface area (Å²) in [6.07, 6.45) is 4.17. The van der Waals surface area contributed by atoms with E-state index in [2.05, 4.69) is 47.8 Å². The van der Waals surface area contributed by atoms with Crippen LogP contribution in [0, 0.1) is 6.92 Å². The molecule has 0 aliphatic rings. The number of hydrogen-bond donors (Lipinski definition) is 4. The Morgan fingerprint density at radius 1 is 1.08 bits per heavy atom. The average Bonchev–Trinajstić information content (AvgIpc) is 3.43. The van der Waals surface area contributed by atoms with Gasteiger partial charge in [-0.05, 0) is 79.3 Å². The maximum Gasteiger partial charge on any atom is 0.258 e. The van der Waals surface area contributed by atoms with Gasteiger partial charge < -0.3 is 30.1 Å². The first kappa shape index (κ1) is 30.3. The number of ether oxygens (including phenoxy) is 1. The highest BCUT2D eigenvalue weighted by Gasteiger charge is 2.17. The van der Waals surface area contributed by atoms with Crippen LogP contribution in [0.25, 0.3) is 22.8 Å². The molecule has 1 heterocycles. The molecule has 3 rings (SSSR count). The van der Waals surface area contributed by atoms with Crippen LogP contribution in [0.3, 0.4) is 0 Å². The number of nitrogens with one attached hydrogen (secondary N) is 2. The zero-order valence-corrected chi connectivity index (χ0v) is 23.5. The second-order valence-electron chi connectivity index (χ2n) is 9.80. The van der Waals surface area contributed by atoms with Crippen LogP contribution in [-0.2, 0) is 24.2 Å². The van der Waals surface area contributed by atoms with Crippen molar-refractivity contribution in [3.63, 3.8) is 0 Å². The molecule has 9 heteroatoms. The molecule has 0 fully saturated rings. The van der Waals surface area contributed by atoms with E-state index < -0.39 is 18.6 Å². The fourth-order valence-corrected chi connectivity index (χ4v) is 4.38. The van der Waals surface area contributed by atoms with Crippen LogP contribution >= 0.6 is 0 Å². The zero-order valence-electron chi connectivity index (χ0n) is 23.5. The number of unbranched alkanes of at least 4 members (excludes halogenated alkanes) is 1. The summed E-state index contributed by atoms with van der Waals surface area (Å²) in [5.41, 5.74) is 6.04. The van der Waals surface area contributed by atoms with Crippen molar-refractivity contribution in [2.24, 2.45) is 0 Å². The van der Waals surface area contributed by atoms with Gasteiger partial charge in [0.15, 0.2) is 0 Å². The molecule has 0 unspecified atom stereocenters. The second-order valence-corrected chi connectivity index (χ2v) is 9.80. The normalized spacial score (nSPS) is 11.9. The molecule has 9 nitrogen and oxygen atoms in total. The Labute approximate surface area is 231 Å². The number of aliphatic hydroxyl groups is 2. The van der Waals surface area contributed by atoms with Gasteiger partial charge in [-0.15, -0.1) is 0 Å². The SMILES string of the molecule is CCCCNCc1cc(CCC)cc(-c2nc(-c3cc(C)c(OC[C@@H](O)CNC(=O)CO)c(CC)c3)no2)c1. The Morgan fingerprint density at radius 2 is 1.87 bits per heavy atom. The number of hydrogen-bond acceptors (Lipinski definition) is 8. The van der Waals surface area contributed by atoms with Crippen LogP contribution < -0.4 is 15.4 Å². The van der Waals surface area contributed by atoms with Crippen molar-refractivity contribution in [1.82, 2.24) is 20.8 Å². The molecule has 0 saturated heterocycles. The summed E-state index contributed by atoms with van der Waals surface area (Å²) >= 11 is 0. The van der Waals surface area contributed by atoms with E-state index in [1.807, 2.05) is 26.0 Å². The minimum atomic E-state index is -0.903. The van der Waals surface area contributed by atoms with E-state index in [4.69, 9.17) is 19.4 Å². The van der Waals surface area contributed by atoms with Crippen molar-refractivity contribution < 1.29 is 24.3 Å². The molecular formula is C30H42N4O5. The lowest BCUT2D eigenvalue weighted by atomic mass is 10.0. The van der Waals surface area contributed by atoms with Gasteiger partial charge in [-0.25, -0.2) is 0 Å². The lowest BCUT2D eigenvalue weighted by Gasteiger charge is -2.17. The molecule has 3 aromatic rings. The minimum absolute atomic E-state index is 0.000404. The fourth-order valence-electron chi connectivity index (χ4n) is 4.38. The molecule has 212 valence electrons. The first-order chi connectivity index (χ1) is 18.9. The lowest BCUT2D eigenvalue weighted by Crippen LogP contribution is -2.36. The summed E-state index contributed by atoms with van der Waals surface area (Å²) in [6, 6.07) is 10.4. The number of carbonyl (C=O) groups excluding carboxylic acids is 1. The number of aromatic nitrogens is 2. The fraction of sp³-hybridized carbons (Fsp3) is 0.500. The number of nitrogens with zero attached hydrogens (tertiary/aromatic N) is 2. The highest BCUT2D eigenvalue weighted by Crippen LogP contribution is 2.31. The van der Waals surface area contributed by atoms with Gasteiger partial charge in [0.1, 0.15) is 25.1 Å². The highest BCUT2D eigenvalue weighted by molar-refractivity contribution is 5.76. The molecular weight excluding hydrogens is 496 g/mol. The van der Waals surface area contributed by atoms with Crippen LogP contribution in [0.4, 0.5) is 0 Å². The van der Waals surface area contributed by atoms with E-state index >= 15 is 0 Å². The first-order valence-corrected chi connectivity index (χ1v) is 13.9. The van der Waals surface area contributed by atoms with Crippen LogP contribution in [0.2, 0.25) is 0 Å². The van der Waals surface area contributed by atoms with Gasteiger partial charge in [-0.1, -0.05) is 44.8 Å². The maximum atomic E-state index is 11.2. The Bertz CT molecular complexity index is 1210. The van der Waals surface area contributed by atoms with E-state index in [-0.39, 0.29) is 13.2 Å². The predicted octanol–water partition coefficient (Wildman–Crippen LogP) is 3.96. The van der Waals surface area contributed by atoms with E-state index in [9.17, 15) is 9.90 Å². The molecule has 0 saturated carbocycles. The van der Waals surface area contributed by atoms with Gasteiger partial charge in [0, 0.05) is 24.2 Å². The quantitative estimate of drug-likeness (QED) is 0.202. The molecule has 4 N–H and O–H groups in total. The Kier molecular flexibility index (Phi) is 11.9. The van der Waals surface area contributed by atoms with Gasteiger partial charge in [-0.3, -0.25) is 4.79 Å². The summed E-state index contributed by atoms with van der Waals surface area (Å²) in [6.45, 7) is 9.51. The van der Waals surface area contributed by atoms with Crippen LogP contribution in [0.5, 0.6) is 5.75 Å². The monoisotopic (exact) mass is 538 g/mol. The summed E-state index contributed by atoms with van der Waals surface area (Å²) in [5, 5.41) is 29.2. The smallest absolute Gasteiger partial charge is 0.258 e. The zero-order chi connectivity index (χ0) is 28.2. The van der Waals surface area contributed by atoms with Gasteiger partial charge in [0.25, 0.3) is 5.89 Å². The molecule has 0 aliphatic carbocycles. The van der Waals surface area contributed by atoms with Crippen molar-refractivity contribution in [2.45, 2.75) is 72.4 Å². The number of carbonyl (C=O) groups is 1. The van der Waals surface area contributed by atoms with E-state index in [1.165, 1.54) is 11.1 Å². The van der Waals surface area contributed by atoms with E-state index in [1.54, 1.807) is 0 Å². The Morgan fingerprint density at radius 3 is 2.59 bits per heavy atom. The summed E-state index contributed by atoms with van der Waals surface area (Å²) in [5.74, 6) is 1.14. The molecule has 0 spiro atoms. The number of benzene rings is 2. The maximum absolute atomic E-state index is 11.2. The van der Waals surface area contributed by atoms with Gasteiger partial charge in [0.05, 0.1) is 0 Å². The van der Waals surface area contributed by atoms with Gasteiger partial charge in [0.2, 0.25) is 11.7 Å². The molecule has 0 bridgehead atoms. The van der Waals surface area contributed by atoms with Crippen molar-refractivity contribution >= 4 is 5.91 Å². The average molecular weight is 539 g/mol. The van der Waals surface area contributed by atoms with Crippen molar-refractivity contribution in [3.8, 4) is 28.6 Å². The molecule has 2 aromatic carbocycles. The molecule has 1 atom stereocenters. The summed E-state index contributed by atoms with van der Waals surface area (Å²) < 4.78 is 11.6. The van der Waals surface area contributed by atoms with Crippen molar-refractivity contribution in [2.75, 3.05) is 26.3 Å². The topological polar surface area (TPSA) is 130 Å². The van der Waals surface area contributed by atoms with Gasteiger partial charge in [-0.2, -0.15) is 4.98 Å². The third-order valence-corrected chi connectivity index (χ3v) is 6.39. The second kappa shape index (κ2) is 15.4.